The average molecular weight is 259 g/mol. The van der Waals surface area contributed by atoms with E-state index < -0.39 is 23.7 Å². The Kier molecular flexibility index (Phi) is 2.62. The molecule has 1 heterocycles. The maximum atomic E-state index is 11.9. The minimum atomic E-state index is -1.04. The van der Waals surface area contributed by atoms with Crippen molar-refractivity contribution in [3.05, 3.63) is 35.9 Å². The van der Waals surface area contributed by atoms with Crippen LogP contribution in [0.15, 0.2) is 30.3 Å². The van der Waals surface area contributed by atoms with E-state index in [1.165, 1.54) is 4.90 Å². The number of imide groups is 1. The second-order valence-electron chi connectivity index (χ2n) is 4.98. The van der Waals surface area contributed by atoms with Crippen LogP contribution in [0.5, 0.6) is 0 Å². The van der Waals surface area contributed by atoms with Crippen molar-refractivity contribution in [2.45, 2.75) is 6.42 Å². The summed E-state index contributed by atoms with van der Waals surface area (Å²) in [6.45, 7) is 0.334. The number of piperidine rings is 1. The lowest BCUT2D eigenvalue weighted by Gasteiger charge is -2.17. The van der Waals surface area contributed by atoms with E-state index in [1.54, 1.807) is 0 Å². The van der Waals surface area contributed by atoms with Gasteiger partial charge in [0.05, 0.1) is 17.8 Å². The van der Waals surface area contributed by atoms with Crippen molar-refractivity contribution in [1.82, 2.24) is 4.90 Å². The van der Waals surface area contributed by atoms with E-state index in [0.29, 0.717) is 13.0 Å². The maximum Gasteiger partial charge on any atom is 0.308 e. The number of carboxylic acids is 1. The van der Waals surface area contributed by atoms with Crippen LogP contribution in [-0.2, 0) is 20.8 Å². The third-order valence-electron chi connectivity index (χ3n) is 3.87. The Morgan fingerprint density at radius 3 is 2.21 bits per heavy atom. The van der Waals surface area contributed by atoms with Gasteiger partial charge in [-0.05, 0) is 12.0 Å². The quantitative estimate of drug-likeness (QED) is 0.801. The second-order valence-corrected chi connectivity index (χ2v) is 4.98. The summed E-state index contributed by atoms with van der Waals surface area (Å²) in [4.78, 5) is 35.9. The van der Waals surface area contributed by atoms with Gasteiger partial charge in [0.25, 0.3) is 0 Å². The fraction of sp³-hybridized carbons (Fsp3) is 0.357. The molecule has 1 aromatic rings. The predicted octanol–water partition coefficient (Wildman–Crippen LogP) is 0.545. The molecule has 0 spiro atoms. The number of benzene rings is 1. The van der Waals surface area contributed by atoms with Crippen LogP contribution in [-0.4, -0.2) is 34.3 Å². The summed E-state index contributed by atoms with van der Waals surface area (Å²) in [5.41, 5.74) is 1.05. The highest BCUT2D eigenvalue weighted by molar-refractivity contribution is 6.13. The number of aliphatic carboxylic acids is 1. The summed E-state index contributed by atoms with van der Waals surface area (Å²) in [6, 6.07) is 9.59. The SMILES string of the molecule is O=C(O)C1C2C(=O)N(CCc3ccccc3)C(=O)C12. The van der Waals surface area contributed by atoms with Crippen LogP contribution in [0.25, 0.3) is 0 Å². The number of carbonyl (C=O) groups excluding carboxylic acids is 2. The zero-order valence-corrected chi connectivity index (χ0v) is 10.2. The number of hydrogen-bond donors (Lipinski definition) is 1. The van der Waals surface area contributed by atoms with Crippen LogP contribution in [0.2, 0.25) is 0 Å². The van der Waals surface area contributed by atoms with Crippen molar-refractivity contribution in [2.75, 3.05) is 6.54 Å². The Labute approximate surface area is 109 Å². The summed E-state index contributed by atoms with van der Waals surface area (Å²) >= 11 is 0. The highest BCUT2D eigenvalue weighted by Gasteiger charge is 2.70. The van der Waals surface area contributed by atoms with Gasteiger partial charge in [-0.15, -0.1) is 0 Å². The number of amides is 2. The van der Waals surface area contributed by atoms with Gasteiger partial charge in [-0.3, -0.25) is 19.3 Å². The van der Waals surface area contributed by atoms with Crippen molar-refractivity contribution in [3.8, 4) is 0 Å². The van der Waals surface area contributed by atoms with E-state index in [-0.39, 0.29) is 11.8 Å². The van der Waals surface area contributed by atoms with Gasteiger partial charge in [-0.2, -0.15) is 0 Å². The van der Waals surface area contributed by atoms with Gasteiger partial charge in [0.1, 0.15) is 0 Å². The van der Waals surface area contributed by atoms with Gasteiger partial charge in [0, 0.05) is 6.54 Å². The summed E-state index contributed by atoms with van der Waals surface area (Å²) < 4.78 is 0. The molecule has 5 nitrogen and oxygen atoms in total. The van der Waals surface area contributed by atoms with Crippen LogP contribution >= 0.6 is 0 Å². The fourth-order valence-corrected chi connectivity index (χ4v) is 2.81. The molecule has 0 bridgehead atoms. The fourth-order valence-electron chi connectivity index (χ4n) is 2.81. The average Bonchev–Trinajstić information content (AvgIpc) is 3.09. The number of hydrogen-bond acceptors (Lipinski definition) is 3. The van der Waals surface area contributed by atoms with Crippen molar-refractivity contribution in [3.63, 3.8) is 0 Å². The van der Waals surface area contributed by atoms with Crippen molar-refractivity contribution in [2.24, 2.45) is 17.8 Å². The predicted molar refractivity (Wildman–Crippen MR) is 65.0 cm³/mol. The van der Waals surface area contributed by atoms with Crippen molar-refractivity contribution >= 4 is 17.8 Å². The molecule has 1 aromatic carbocycles. The number of fused-ring (bicyclic) bond motifs is 1. The van der Waals surface area contributed by atoms with E-state index in [2.05, 4.69) is 0 Å². The topological polar surface area (TPSA) is 74.7 Å². The van der Waals surface area contributed by atoms with Crippen molar-refractivity contribution in [1.29, 1.82) is 0 Å². The van der Waals surface area contributed by atoms with Crippen LogP contribution in [0, 0.1) is 17.8 Å². The smallest absolute Gasteiger partial charge is 0.308 e. The Bertz CT molecular complexity index is 532. The van der Waals surface area contributed by atoms with E-state index in [4.69, 9.17) is 5.11 Å². The first kappa shape index (κ1) is 11.9. The van der Waals surface area contributed by atoms with Gasteiger partial charge in [-0.25, -0.2) is 0 Å². The summed E-state index contributed by atoms with van der Waals surface area (Å²) in [5.74, 6) is -3.69. The molecule has 2 atom stereocenters. The van der Waals surface area contributed by atoms with E-state index in [9.17, 15) is 14.4 Å². The first-order valence-electron chi connectivity index (χ1n) is 6.23. The normalized spacial score (nSPS) is 28.4. The molecule has 2 fully saturated rings. The van der Waals surface area contributed by atoms with Gasteiger partial charge in [-0.1, -0.05) is 30.3 Å². The van der Waals surface area contributed by atoms with Crippen LogP contribution in [0.3, 0.4) is 0 Å². The molecule has 1 aliphatic heterocycles. The zero-order valence-electron chi connectivity index (χ0n) is 10.2. The first-order valence-corrected chi connectivity index (χ1v) is 6.23. The Morgan fingerprint density at radius 2 is 1.68 bits per heavy atom. The minimum Gasteiger partial charge on any atom is -0.481 e. The summed E-state index contributed by atoms with van der Waals surface area (Å²) in [6.07, 6.45) is 0.607. The van der Waals surface area contributed by atoms with Crippen LogP contribution in [0.4, 0.5) is 0 Å². The first-order chi connectivity index (χ1) is 9.11. The second kappa shape index (κ2) is 4.19. The molecule has 1 N–H and O–H groups in total. The molecule has 98 valence electrons. The van der Waals surface area contributed by atoms with E-state index in [0.717, 1.165) is 5.56 Å². The van der Waals surface area contributed by atoms with E-state index >= 15 is 0 Å². The number of nitrogens with zero attached hydrogens (tertiary/aromatic N) is 1. The lowest BCUT2D eigenvalue weighted by molar-refractivity contribution is -0.148. The van der Waals surface area contributed by atoms with Gasteiger partial charge >= 0.3 is 5.97 Å². The number of carboxylic acid groups (broad SMARTS) is 1. The van der Waals surface area contributed by atoms with E-state index in [1.807, 2.05) is 30.3 Å². The maximum absolute atomic E-state index is 11.9. The molecule has 0 radical (unpaired) electrons. The Balaban J connectivity index is 1.64. The standard InChI is InChI=1S/C14H13NO4/c16-12-9-10(11(9)14(18)19)13(17)15(12)7-6-8-4-2-1-3-5-8/h1-5,9-11H,6-7H2,(H,18,19). The van der Waals surface area contributed by atoms with Crippen molar-refractivity contribution < 1.29 is 19.5 Å². The molecule has 19 heavy (non-hydrogen) atoms. The molecule has 5 heteroatoms. The lowest BCUT2D eigenvalue weighted by atomic mass is 10.1. The van der Waals surface area contributed by atoms with Gasteiger partial charge in [0.2, 0.25) is 11.8 Å². The van der Waals surface area contributed by atoms with Crippen LogP contribution < -0.4 is 0 Å². The Hall–Kier alpha value is -2.17. The summed E-state index contributed by atoms with van der Waals surface area (Å²) in [7, 11) is 0. The molecule has 0 aromatic heterocycles. The molecule has 2 unspecified atom stereocenters. The monoisotopic (exact) mass is 259 g/mol. The lowest BCUT2D eigenvalue weighted by Crippen LogP contribution is -2.37. The number of rotatable bonds is 4. The largest absolute Gasteiger partial charge is 0.481 e. The minimum absolute atomic E-state index is 0.321. The molecule has 2 amide bonds. The Morgan fingerprint density at radius 1 is 1.11 bits per heavy atom. The zero-order chi connectivity index (χ0) is 13.6. The number of carbonyl (C=O) groups is 3. The highest BCUT2D eigenvalue weighted by Crippen LogP contribution is 2.53. The molecule has 3 rings (SSSR count). The molecule has 1 aliphatic carbocycles. The highest BCUT2D eigenvalue weighted by atomic mass is 16.4. The third-order valence-corrected chi connectivity index (χ3v) is 3.87. The van der Waals surface area contributed by atoms with Gasteiger partial charge < -0.3 is 5.11 Å². The molecule has 2 aliphatic rings. The molecule has 1 saturated carbocycles. The van der Waals surface area contributed by atoms with Crippen LogP contribution in [0.1, 0.15) is 5.56 Å². The molecule has 1 saturated heterocycles. The van der Waals surface area contributed by atoms with Gasteiger partial charge in [0.15, 0.2) is 0 Å². The third kappa shape index (κ3) is 1.82. The molecular formula is C14H13NO4. The summed E-state index contributed by atoms with van der Waals surface area (Å²) in [5, 5.41) is 8.87. The number of likely N-dealkylation sites (tertiary alicyclic amines) is 1. The molecular weight excluding hydrogens is 246 g/mol.